The molecule has 1 heterocycles. The summed E-state index contributed by atoms with van der Waals surface area (Å²) in [5.41, 5.74) is 3.69. The summed E-state index contributed by atoms with van der Waals surface area (Å²) in [7, 11) is 0. The van der Waals surface area contributed by atoms with Crippen LogP contribution in [-0.2, 0) is 17.8 Å². The lowest BCUT2D eigenvalue weighted by molar-refractivity contribution is -0.123. The molecule has 4 rings (SSSR count). The molecule has 0 radical (unpaired) electrons. The normalized spacial score (nSPS) is 14.8. The van der Waals surface area contributed by atoms with Crippen molar-refractivity contribution in [3.8, 4) is 5.75 Å². The van der Waals surface area contributed by atoms with Crippen LogP contribution in [0.5, 0.6) is 5.75 Å². The number of fused-ring (bicyclic) bond motifs is 1. The number of amides is 2. The molecule has 0 aliphatic carbocycles. The molecule has 1 unspecified atom stereocenters. The van der Waals surface area contributed by atoms with Crippen LogP contribution < -0.4 is 15.0 Å². The van der Waals surface area contributed by atoms with E-state index in [0.717, 1.165) is 23.2 Å². The van der Waals surface area contributed by atoms with Crippen LogP contribution in [0.15, 0.2) is 78.9 Å². The molecule has 1 aliphatic rings. The Balaban J connectivity index is 1.41. The second-order valence-corrected chi connectivity index (χ2v) is 7.44. The molecule has 5 heteroatoms. The summed E-state index contributed by atoms with van der Waals surface area (Å²) in [6.07, 6.45) is 0.825. The number of hydrogen-bond acceptors (Lipinski definition) is 3. The molecule has 2 amide bonds. The molecule has 0 bridgehead atoms. The van der Waals surface area contributed by atoms with E-state index in [2.05, 4.69) is 12.2 Å². The molecule has 5 nitrogen and oxygen atoms in total. The van der Waals surface area contributed by atoms with E-state index in [1.54, 1.807) is 0 Å². The minimum Gasteiger partial charge on any atom is -0.484 e. The van der Waals surface area contributed by atoms with Gasteiger partial charge in [0, 0.05) is 23.8 Å². The van der Waals surface area contributed by atoms with Gasteiger partial charge >= 0.3 is 0 Å². The van der Waals surface area contributed by atoms with Crippen LogP contribution in [0.4, 0.5) is 5.69 Å². The van der Waals surface area contributed by atoms with Gasteiger partial charge in [0.25, 0.3) is 11.8 Å². The fraction of sp³-hybridized carbons (Fsp3) is 0.200. The number of nitrogens with zero attached hydrogens (tertiary/aromatic N) is 1. The molecular formula is C25H24N2O3. The topological polar surface area (TPSA) is 58.6 Å². The molecule has 0 saturated carbocycles. The molecule has 1 aliphatic heterocycles. The van der Waals surface area contributed by atoms with E-state index in [9.17, 15) is 9.59 Å². The third-order valence-electron chi connectivity index (χ3n) is 5.21. The zero-order valence-corrected chi connectivity index (χ0v) is 16.9. The van der Waals surface area contributed by atoms with Gasteiger partial charge in [-0.15, -0.1) is 0 Å². The standard InChI is InChI=1S/C25H24N2O3/c1-18-14-21-13-12-19(16-26-24(28)17-30-22-10-6-3-7-11-22)15-23(21)27(18)25(29)20-8-4-2-5-9-20/h2-13,15,18H,14,16-17H2,1H3,(H,26,28). The maximum Gasteiger partial charge on any atom is 0.258 e. The Bertz CT molecular complexity index is 1030. The monoisotopic (exact) mass is 400 g/mol. The highest BCUT2D eigenvalue weighted by Crippen LogP contribution is 2.34. The molecular weight excluding hydrogens is 376 g/mol. The lowest BCUT2D eigenvalue weighted by Crippen LogP contribution is -2.35. The van der Waals surface area contributed by atoms with Crippen molar-refractivity contribution < 1.29 is 14.3 Å². The van der Waals surface area contributed by atoms with Crippen molar-refractivity contribution >= 4 is 17.5 Å². The van der Waals surface area contributed by atoms with Crippen LogP contribution in [0.25, 0.3) is 0 Å². The molecule has 152 valence electrons. The van der Waals surface area contributed by atoms with E-state index < -0.39 is 0 Å². The minimum absolute atomic E-state index is 0.000651. The van der Waals surface area contributed by atoms with Crippen LogP contribution in [0.1, 0.15) is 28.4 Å². The van der Waals surface area contributed by atoms with Crippen molar-refractivity contribution in [2.24, 2.45) is 0 Å². The average Bonchev–Trinajstić information content (AvgIpc) is 3.12. The summed E-state index contributed by atoms with van der Waals surface area (Å²) >= 11 is 0. The largest absolute Gasteiger partial charge is 0.484 e. The fourth-order valence-corrected chi connectivity index (χ4v) is 3.71. The van der Waals surface area contributed by atoms with E-state index in [1.807, 2.05) is 83.8 Å². The molecule has 3 aromatic carbocycles. The Morgan fingerprint density at radius 1 is 1.00 bits per heavy atom. The van der Waals surface area contributed by atoms with Gasteiger partial charge in [-0.2, -0.15) is 0 Å². The van der Waals surface area contributed by atoms with Crippen molar-refractivity contribution in [2.75, 3.05) is 11.5 Å². The summed E-state index contributed by atoms with van der Waals surface area (Å²) in [5, 5.41) is 2.88. The minimum atomic E-state index is -0.190. The zero-order valence-electron chi connectivity index (χ0n) is 16.9. The first-order chi connectivity index (χ1) is 14.6. The van der Waals surface area contributed by atoms with Gasteiger partial charge < -0.3 is 15.0 Å². The van der Waals surface area contributed by atoms with Crippen molar-refractivity contribution in [1.82, 2.24) is 5.32 Å². The highest BCUT2D eigenvalue weighted by molar-refractivity contribution is 6.07. The Morgan fingerprint density at radius 3 is 2.43 bits per heavy atom. The number of anilines is 1. The second kappa shape index (κ2) is 8.82. The maximum absolute atomic E-state index is 13.1. The summed E-state index contributed by atoms with van der Waals surface area (Å²) in [4.78, 5) is 27.0. The van der Waals surface area contributed by atoms with E-state index in [-0.39, 0.29) is 24.5 Å². The van der Waals surface area contributed by atoms with Gasteiger partial charge in [0.05, 0.1) is 0 Å². The number of para-hydroxylation sites is 1. The van der Waals surface area contributed by atoms with E-state index in [0.29, 0.717) is 17.9 Å². The highest BCUT2D eigenvalue weighted by atomic mass is 16.5. The predicted molar refractivity (Wildman–Crippen MR) is 117 cm³/mol. The van der Waals surface area contributed by atoms with Crippen LogP contribution in [0.3, 0.4) is 0 Å². The van der Waals surface area contributed by atoms with Crippen LogP contribution >= 0.6 is 0 Å². The number of rotatable bonds is 6. The smallest absolute Gasteiger partial charge is 0.258 e. The van der Waals surface area contributed by atoms with Crippen LogP contribution in [0, 0.1) is 0 Å². The Labute approximate surface area is 176 Å². The SMILES string of the molecule is CC1Cc2ccc(CNC(=O)COc3ccccc3)cc2N1C(=O)c1ccccc1. The van der Waals surface area contributed by atoms with E-state index in [1.165, 1.54) is 0 Å². The lowest BCUT2D eigenvalue weighted by atomic mass is 10.1. The summed E-state index contributed by atoms with van der Waals surface area (Å²) in [6, 6.07) is 24.7. The Morgan fingerprint density at radius 2 is 1.70 bits per heavy atom. The number of hydrogen-bond donors (Lipinski definition) is 1. The molecule has 1 N–H and O–H groups in total. The Hall–Kier alpha value is -3.60. The molecule has 3 aromatic rings. The van der Waals surface area contributed by atoms with Crippen molar-refractivity contribution in [3.63, 3.8) is 0 Å². The molecule has 1 atom stereocenters. The third kappa shape index (κ3) is 4.35. The van der Waals surface area contributed by atoms with Crippen molar-refractivity contribution in [1.29, 1.82) is 0 Å². The average molecular weight is 400 g/mol. The summed E-state index contributed by atoms with van der Waals surface area (Å²) in [6.45, 7) is 2.40. The van der Waals surface area contributed by atoms with Crippen LogP contribution in [0.2, 0.25) is 0 Å². The van der Waals surface area contributed by atoms with Gasteiger partial charge in [-0.25, -0.2) is 0 Å². The number of carbonyl (C=O) groups excluding carboxylic acids is 2. The first-order valence-electron chi connectivity index (χ1n) is 10.1. The molecule has 0 spiro atoms. The highest BCUT2D eigenvalue weighted by Gasteiger charge is 2.31. The first kappa shape index (κ1) is 19.7. The summed E-state index contributed by atoms with van der Waals surface area (Å²) in [5.74, 6) is 0.471. The van der Waals surface area contributed by atoms with Crippen molar-refractivity contribution in [3.05, 3.63) is 95.6 Å². The van der Waals surface area contributed by atoms with Gasteiger partial charge in [0.15, 0.2) is 6.61 Å². The van der Waals surface area contributed by atoms with Crippen LogP contribution in [-0.4, -0.2) is 24.5 Å². The first-order valence-corrected chi connectivity index (χ1v) is 10.1. The number of ether oxygens (including phenoxy) is 1. The van der Waals surface area contributed by atoms with Crippen molar-refractivity contribution in [2.45, 2.75) is 25.9 Å². The van der Waals surface area contributed by atoms with Gasteiger partial charge in [-0.05, 0) is 54.8 Å². The molecule has 0 aromatic heterocycles. The number of benzene rings is 3. The lowest BCUT2D eigenvalue weighted by Gasteiger charge is -2.23. The molecule has 0 saturated heterocycles. The number of carbonyl (C=O) groups is 2. The number of nitrogens with one attached hydrogen (secondary N) is 1. The van der Waals surface area contributed by atoms with Gasteiger partial charge in [0.1, 0.15) is 5.75 Å². The Kier molecular flexibility index (Phi) is 5.80. The maximum atomic E-state index is 13.1. The van der Waals surface area contributed by atoms with Gasteiger partial charge in [0.2, 0.25) is 0 Å². The van der Waals surface area contributed by atoms with Gasteiger partial charge in [-0.1, -0.05) is 48.5 Å². The van der Waals surface area contributed by atoms with Gasteiger partial charge in [-0.3, -0.25) is 9.59 Å². The fourth-order valence-electron chi connectivity index (χ4n) is 3.71. The predicted octanol–water partition coefficient (Wildman–Crippen LogP) is 3.97. The zero-order chi connectivity index (χ0) is 20.9. The van der Waals surface area contributed by atoms with E-state index >= 15 is 0 Å². The quantitative estimate of drug-likeness (QED) is 0.681. The second-order valence-electron chi connectivity index (χ2n) is 7.44. The third-order valence-corrected chi connectivity index (χ3v) is 5.21. The summed E-state index contributed by atoms with van der Waals surface area (Å²) < 4.78 is 5.48. The molecule has 30 heavy (non-hydrogen) atoms. The molecule has 0 fully saturated rings. The van der Waals surface area contributed by atoms with E-state index in [4.69, 9.17) is 4.74 Å².